The second-order valence-corrected chi connectivity index (χ2v) is 4.55. The average Bonchev–Trinajstić information content (AvgIpc) is 2.81. The first-order valence-corrected chi connectivity index (χ1v) is 6.32. The Bertz CT molecular complexity index is 887. The summed E-state index contributed by atoms with van der Waals surface area (Å²) in [6.07, 6.45) is 3.55. The summed E-state index contributed by atoms with van der Waals surface area (Å²) in [5, 5.41) is 4.37. The van der Waals surface area contributed by atoms with Crippen molar-refractivity contribution in [2.24, 2.45) is 7.05 Å². The van der Waals surface area contributed by atoms with Crippen LogP contribution < -0.4 is 0 Å². The molecule has 0 spiro atoms. The fourth-order valence-electron chi connectivity index (χ4n) is 2.11. The third-order valence-electron chi connectivity index (χ3n) is 3.11. The number of pyridine rings is 1. The second-order valence-electron chi connectivity index (χ2n) is 4.55. The van der Waals surface area contributed by atoms with E-state index >= 15 is 0 Å². The number of rotatable bonds is 2. The van der Waals surface area contributed by atoms with Gasteiger partial charge in [-0.3, -0.25) is 4.68 Å². The maximum atomic E-state index is 13.1. The molecule has 0 N–H and O–H groups in total. The van der Waals surface area contributed by atoms with E-state index < -0.39 is 0 Å². The number of halogens is 1. The van der Waals surface area contributed by atoms with E-state index in [9.17, 15) is 4.39 Å². The maximum absolute atomic E-state index is 13.1. The summed E-state index contributed by atoms with van der Waals surface area (Å²) in [4.78, 5) is 7.61. The third-order valence-corrected chi connectivity index (χ3v) is 3.11. The zero-order chi connectivity index (χ0) is 14.8. The van der Waals surface area contributed by atoms with Crippen molar-refractivity contribution in [3.05, 3.63) is 64.9 Å². The molecule has 102 valence electrons. The molecule has 2 heterocycles. The Morgan fingerprint density at radius 2 is 2.10 bits per heavy atom. The molecule has 5 heteroatoms. The molecule has 4 nitrogen and oxygen atoms in total. The number of fused-ring (bicyclic) bond motifs is 1. The van der Waals surface area contributed by atoms with Gasteiger partial charge in [-0.15, -0.1) is 4.98 Å². The van der Waals surface area contributed by atoms with Crippen LogP contribution in [-0.4, -0.2) is 14.8 Å². The average molecular weight is 278 g/mol. The number of hydrogen-bond donors (Lipinski definition) is 0. The van der Waals surface area contributed by atoms with Crippen molar-refractivity contribution in [3.8, 4) is 0 Å². The predicted molar refractivity (Wildman–Crippen MR) is 80.1 cm³/mol. The van der Waals surface area contributed by atoms with Crippen molar-refractivity contribution in [1.82, 2.24) is 14.8 Å². The monoisotopic (exact) mass is 278 g/mol. The molecule has 3 aromatic rings. The van der Waals surface area contributed by atoms with Gasteiger partial charge in [-0.1, -0.05) is 24.8 Å². The lowest BCUT2D eigenvalue weighted by Gasteiger charge is -1.92. The highest BCUT2D eigenvalue weighted by Crippen LogP contribution is 2.21. The molecule has 3 rings (SSSR count). The van der Waals surface area contributed by atoms with Crippen LogP contribution in [-0.2, 0) is 7.05 Å². The minimum absolute atomic E-state index is 0.281. The maximum Gasteiger partial charge on any atom is 0.270 e. The Balaban J connectivity index is 2.06. The van der Waals surface area contributed by atoms with Gasteiger partial charge >= 0.3 is 0 Å². The van der Waals surface area contributed by atoms with E-state index in [0.29, 0.717) is 17.0 Å². The van der Waals surface area contributed by atoms with Crippen LogP contribution in [0.2, 0.25) is 0 Å². The van der Waals surface area contributed by atoms with E-state index in [2.05, 4.69) is 14.9 Å². The summed E-state index contributed by atoms with van der Waals surface area (Å²) in [6, 6.07) is 9.79. The van der Waals surface area contributed by atoms with Crippen LogP contribution >= 0.6 is 0 Å². The normalized spacial score (nSPS) is 11.1. The van der Waals surface area contributed by atoms with E-state index in [4.69, 9.17) is 6.57 Å². The zero-order valence-electron chi connectivity index (χ0n) is 11.3. The topological polar surface area (TPSA) is 35.1 Å². The molecule has 0 saturated carbocycles. The van der Waals surface area contributed by atoms with Gasteiger partial charge in [0.1, 0.15) is 17.0 Å². The van der Waals surface area contributed by atoms with Crippen molar-refractivity contribution in [1.29, 1.82) is 0 Å². The van der Waals surface area contributed by atoms with Gasteiger partial charge in [-0.25, -0.2) is 4.39 Å². The standard InChI is InChI=1S/C16H11FN4/c1-18-15-9-8-14-16(19-15)13(20-21(14)2)7-6-11-4-3-5-12(17)10-11/h3-10H,2H3/b7-6+. The van der Waals surface area contributed by atoms with Crippen LogP contribution in [0.3, 0.4) is 0 Å². The molecule has 0 amide bonds. The van der Waals surface area contributed by atoms with E-state index in [-0.39, 0.29) is 5.82 Å². The molecule has 0 bridgehead atoms. The molecule has 0 atom stereocenters. The summed E-state index contributed by atoms with van der Waals surface area (Å²) in [5.74, 6) is 0.0485. The fraction of sp³-hybridized carbons (Fsp3) is 0.0625. The van der Waals surface area contributed by atoms with Crippen molar-refractivity contribution in [2.45, 2.75) is 0 Å². The number of benzene rings is 1. The van der Waals surface area contributed by atoms with E-state index in [1.807, 2.05) is 19.2 Å². The highest BCUT2D eigenvalue weighted by Gasteiger charge is 2.11. The lowest BCUT2D eigenvalue weighted by Crippen LogP contribution is -1.89. The predicted octanol–water partition coefficient (Wildman–Crippen LogP) is 3.83. The van der Waals surface area contributed by atoms with E-state index in [0.717, 1.165) is 11.1 Å². The molecule has 0 fully saturated rings. The summed E-state index contributed by atoms with van der Waals surface area (Å²) in [6.45, 7) is 7.03. The van der Waals surface area contributed by atoms with Gasteiger partial charge in [-0.2, -0.15) is 5.10 Å². The van der Waals surface area contributed by atoms with Gasteiger partial charge in [0.2, 0.25) is 5.52 Å². The minimum Gasteiger partial charge on any atom is -0.361 e. The molecule has 21 heavy (non-hydrogen) atoms. The van der Waals surface area contributed by atoms with E-state index in [1.165, 1.54) is 12.1 Å². The number of aryl methyl sites for hydroxylation is 1. The Kier molecular flexibility index (Phi) is 3.20. The largest absolute Gasteiger partial charge is 0.361 e. The molecule has 0 radical (unpaired) electrons. The third kappa shape index (κ3) is 2.51. The van der Waals surface area contributed by atoms with Crippen molar-refractivity contribution >= 4 is 29.0 Å². The number of aromatic nitrogens is 3. The Morgan fingerprint density at radius 1 is 1.24 bits per heavy atom. The molecular formula is C16H11FN4. The Hall–Kier alpha value is -3.00. The Labute approximate surface area is 121 Å². The molecular weight excluding hydrogens is 267 g/mol. The smallest absolute Gasteiger partial charge is 0.270 e. The number of hydrogen-bond acceptors (Lipinski definition) is 2. The van der Waals surface area contributed by atoms with Crippen LogP contribution in [0.25, 0.3) is 28.0 Å². The summed E-state index contributed by atoms with van der Waals surface area (Å²) in [5.41, 5.74) is 2.91. The first kappa shape index (κ1) is 13.0. The first-order chi connectivity index (χ1) is 10.2. The SMILES string of the molecule is [C-]#[N+]c1ccc2c(n1)c(/C=C/c1cccc(F)c1)nn2C. The van der Waals surface area contributed by atoms with Crippen LogP contribution in [0.4, 0.5) is 10.2 Å². The fourth-order valence-corrected chi connectivity index (χ4v) is 2.11. The molecule has 0 aliphatic heterocycles. The van der Waals surface area contributed by atoms with Gasteiger partial charge in [-0.05, 0) is 35.9 Å². The Morgan fingerprint density at radius 3 is 2.86 bits per heavy atom. The lowest BCUT2D eigenvalue weighted by atomic mass is 10.2. The van der Waals surface area contributed by atoms with Crippen LogP contribution in [0.5, 0.6) is 0 Å². The van der Waals surface area contributed by atoms with Crippen molar-refractivity contribution in [3.63, 3.8) is 0 Å². The lowest BCUT2D eigenvalue weighted by molar-refractivity contribution is 0.627. The molecule has 1 aromatic carbocycles. The van der Waals surface area contributed by atoms with Gasteiger partial charge in [0.25, 0.3) is 5.82 Å². The molecule has 2 aromatic heterocycles. The van der Waals surface area contributed by atoms with Gasteiger partial charge in [0.15, 0.2) is 0 Å². The minimum atomic E-state index is -0.281. The van der Waals surface area contributed by atoms with E-state index in [1.54, 1.807) is 29.0 Å². The van der Waals surface area contributed by atoms with Gasteiger partial charge in [0, 0.05) is 7.05 Å². The molecule has 0 unspecified atom stereocenters. The summed E-state index contributed by atoms with van der Waals surface area (Å²) < 4.78 is 14.9. The van der Waals surface area contributed by atoms with Crippen molar-refractivity contribution < 1.29 is 4.39 Å². The van der Waals surface area contributed by atoms with Crippen molar-refractivity contribution in [2.75, 3.05) is 0 Å². The van der Waals surface area contributed by atoms with Gasteiger partial charge in [0.05, 0.1) is 0 Å². The molecule has 0 aliphatic rings. The summed E-state index contributed by atoms with van der Waals surface area (Å²) >= 11 is 0. The second kappa shape index (κ2) is 5.17. The molecule has 0 saturated heterocycles. The quantitative estimate of drug-likeness (QED) is 0.668. The highest BCUT2D eigenvalue weighted by atomic mass is 19.1. The van der Waals surface area contributed by atoms with Crippen LogP contribution in [0.15, 0.2) is 36.4 Å². The van der Waals surface area contributed by atoms with Crippen LogP contribution in [0, 0.1) is 12.4 Å². The highest BCUT2D eigenvalue weighted by molar-refractivity contribution is 5.87. The first-order valence-electron chi connectivity index (χ1n) is 6.32. The summed E-state index contributed by atoms with van der Waals surface area (Å²) in [7, 11) is 1.82. The molecule has 0 aliphatic carbocycles. The van der Waals surface area contributed by atoms with Crippen LogP contribution in [0.1, 0.15) is 11.3 Å². The number of nitrogens with zero attached hydrogens (tertiary/aromatic N) is 4. The van der Waals surface area contributed by atoms with Gasteiger partial charge < -0.3 is 4.85 Å². The zero-order valence-corrected chi connectivity index (χ0v) is 11.3.